The number of aliphatic hydroxyl groups is 1. The standard InChI is InChI=1S/C19H27ClFNO2/c1-18(2)7-14-8-19(3,11-18)12-22(14)9-15(23)10-24-17-5-4-13(21)6-16(17)20/h4-6,14-15,23H,7-12H2,1-3H3/t14-,15+,19-/m1/s1. The SMILES string of the molecule is CC1(C)C[C@@H]2C[C@@](C)(CN2C[C@H](O)COc2ccc(F)cc2Cl)C1. The maximum absolute atomic E-state index is 13.0. The van der Waals surface area contributed by atoms with E-state index in [1.165, 1.54) is 37.5 Å². The summed E-state index contributed by atoms with van der Waals surface area (Å²) in [6.45, 7) is 8.86. The Labute approximate surface area is 148 Å². The number of halogens is 2. The topological polar surface area (TPSA) is 32.7 Å². The molecule has 24 heavy (non-hydrogen) atoms. The molecule has 1 aliphatic carbocycles. The smallest absolute Gasteiger partial charge is 0.138 e. The van der Waals surface area contributed by atoms with Crippen molar-refractivity contribution in [3.8, 4) is 5.75 Å². The van der Waals surface area contributed by atoms with E-state index in [1.807, 2.05) is 0 Å². The van der Waals surface area contributed by atoms with Crippen molar-refractivity contribution in [2.75, 3.05) is 19.7 Å². The van der Waals surface area contributed by atoms with Gasteiger partial charge in [-0.2, -0.15) is 0 Å². The summed E-state index contributed by atoms with van der Waals surface area (Å²) in [5.41, 5.74) is 0.725. The molecule has 2 bridgehead atoms. The van der Waals surface area contributed by atoms with Crippen LogP contribution in [-0.4, -0.2) is 41.8 Å². The third-order valence-electron chi connectivity index (χ3n) is 5.29. The van der Waals surface area contributed by atoms with Gasteiger partial charge in [-0.05, 0) is 48.3 Å². The van der Waals surface area contributed by atoms with E-state index in [-0.39, 0.29) is 11.6 Å². The molecule has 3 nitrogen and oxygen atoms in total. The van der Waals surface area contributed by atoms with Crippen LogP contribution in [0, 0.1) is 16.6 Å². The Morgan fingerprint density at radius 3 is 2.83 bits per heavy atom. The summed E-state index contributed by atoms with van der Waals surface area (Å²) in [5.74, 6) is 0.0125. The second kappa shape index (κ2) is 6.47. The highest BCUT2D eigenvalue weighted by Crippen LogP contribution is 2.52. The molecule has 2 aliphatic rings. The van der Waals surface area contributed by atoms with Gasteiger partial charge in [0.2, 0.25) is 0 Å². The van der Waals surface area contributed by atoms with Gasteiger partial charge in [-0.25, -0.2) is 4.39 Å². The Morgan fingerprint density at radius 1 is 1.38 bits per heavy atom. The fourth-order valence-corrected chi connectivity index (χ4v) is 5.11. The molecule has 0 aromatic heterocycles. The summed E-state index contributed by atoms with van der Waals surface area (Å²) >= 11 is 5.95. The molecule has 3 atom stereocenters. The van der Waals surface area contributed by atoms with Crippen LogP contribution in [0.1, 0.15) is 40.0 Å². The average molecular weight is 356 g/mol. The molecular weight excluding hydrogens is 329 g/mol. The zero-order valence-electron chi connectivity index (χ0n) is 14.7. The number of fused-ring (bicyclic) bond motifs is 2. The first-order valence-electron chi connectivity index (χ1n) is 8.66. The van der Waals surface area contributed by atoms with E-state index in [2.05, 4.69) is 25.7 Å². The van der Waals surface area contributed by atoms with Crippen LogP contribution >= 0.6 is 11.6 Å². The van der Waals surface area contributed by atoms with Gasteiger partial charge in [0, 0.05) is 19.1 Å². The Balaban J connectivity index is 1.55. The minimum atomic E-state index is -0.586. The Morgan fingerprint density at radius 2 is 2.12 bits per heavy atom. The van der Waals surface area contributed by atoms with Gasteiger partial charge in [0.25, 0.3) is 0 Å². The van der Waals surface area contributed by atoms with Gasteiger partial charge in [-0.1, -0.05) is 32.4 Å². The monoisotopic (exact) mass is 355 g/mol. The third kappa shape index (κ3) is 4.04. The largest absolute Gasteiger partial charge is 0.489 e. The van der Waals surface area contributed by atoms with Crippen molar-refractivity contribution >= 4 is 11.6 Å². The molecule has 1 saturated carbocycles. The fraction of sp³-hybridized carbons (Fsp3) is 0.684. The minimum Gasteiger partial charge on any atom is -0.489 e. The van der Waals surface area contributed by atoms with Crippen molar-refractivity contribution in [1.29, 1.82) is 0 Å². The molecule has 1 aliphatic heterocycles. The number of β-amino-alcohol motifs (C(OH)–C–C–N with tert-alkyl or cyclic N) is 1. The van der Waals surface area contributed by atoms with Gasteiger partial charge in [0.1, 0.15) is 24.3 Å². The number of benzene rings is 1. The van der Waals surface area contributed by atoms with Gasteiger partial charge in [-0.15, -0.1) is 0 Å². The quantitative estimate of drug-likeness (QED) is 0.862. The second-order valence-electron chi connectivity index (χ2n) is 8.68. The number of nitrogens with zero attached hydrogens (tertiary/aromatic N) is 1. The molecule has 1 heterocycles. The van der Waals surface area contributed by atoms with Crippen molar-refractivity contribution in [2.45, 2.75) is 52.2 Å². The van der Waals surface area contributed by atoms with Crippen LogP contribution < -0.4 is 4.74 Å². The maximum Gasteiger partial charge on any atom is 0.138 e. The lowest BCUT2D eigenvalue weighted by Crippen LogP contribution is -2.39. The lowest BCUT2D eigenvalue weighted by atomic mass is 9.65. The van der Waals surface area contributed by atoms with Crippen LogP contribution in [0.5, 0.6) is 5.75 Å². The molecule has 5 heteroatoms. The fourth-order valence-electron chi connectivity index (χ4n) is 4.89. The first-order valence-corrected chi connectivity index (χ1v) is 9.04. The van der Waals surface area contributed by atoms with Crippen molar-refractivity contribution in [2.24, 2.45) is 10.8 Å². The average Bonchev–Trinajstić information content (AvgIpc) is 2.66. The summed E-state index contributed by atoms with van der Waals surface area (Å²) in [6.07, 6.45) is 3.05. The van der Waals surface area contributed by atoms with Gasteiger partial charge < -0.3 is 9.84 Å². The molecule has 3 rings (SSSR count). The van der Waals surface area contributed by atoms with Crippen molar-refractivity contribution in [3.63, 3.8) is 0 Å². The highest BCUT2D eigenvalue weighted by atomic mass is 35.5. The van der Waals surface area contributed by atoms with Crippen molar-refractivity contribution in [1.82, 2.24) is 4.90 Å². The number of ether oxygens (including phenoxy) is 1. The van der Waals surface area contributed by atoms with Crippen LogP contribution in [0.2, 0.25) is 5.02 Å². The predicted molar refractivity (Wildman–Crippen MR) is 94.0 cm³/mol. The van der Waals surface area contributed by atoms with Gasteiger partial charge in [0.15, 0.2) is 0 Å². The number of rotatable bonds is 5. The predicted octanol–water partition coefficient (Wildman–Crippen LogP) is 4.12. The van der Waals surface area contributed by atoms with E-state index in [1.54, 1.807) is 0 Å². The summed E-state index contributed by atoms with van der Waals surface area (Å²) < 4.78 is 18.6. The number of likely N-dealkylation sites (tertiary alicyclic amines) is 1. The molecular formula is C19H27ClFNO2. The molecule has 1 aromatic rings. The lowest BCUT2D eigenvalue weighted by molar-refractivity contribution is 0.0585. The molecule has 1 aromatic carbocycles. The van der Waals surface area contributed by atoms with Crippen LogP contribution in [0.3, 0.4) is 0 Å². The van der Waals surface area contributed by atoms with Crippen LogP contribution in [-0.2, 0) is 0 Å². The summed E-state index contributed by atoms with van der Waals surface area (Å²) in [4.78, 5) is 2.41. The first-order chi connectivity index (χ1) is 11.2. The van der Waals surface area contributed by atoms with Crippen LogP contribution in [0.4, 0.5) is 4.39 Å². The summed E-state index contributed by atoms with van der Waals surface area (Å²) in [5, 5.41) is 10.6. The summed E-state index contributed by atoms with van der Waals surface area (Å²) in [6, 6.07) is 4.56. The van der Waals surface area contributed by atoms with E-state index in [0.29, 0.717) is 29.2 Å². The van der Waals surface area contributed by atoms with E-state index >= 15 is 0 Å². The molecule has 1 N–H and O–H groups in total. The van der Waals surface area contributed by atoms with Gasteiger partial charge in [0.05, 0.1) is 5.02 Å². The minimum absolute atomic E-state index is 0.161. The lowest BCUT2D eigenvalue weighted by Gasteiger charge is -2.40. The highest BCUT2D eigenvalue weighted by molar-refractivity contribution is 6.32. The Kier molecular flexibility index (Phi) is 4.84. The zero-order valence-corrected chi connectivity index (χ0v) is 15.4. The number of aliphatic hydroxyl groups excluding tert-OH is 1. The zero-order chi connectivity index (χ0) is 17.5. The molecule has 2 fully saturated rings. The van der Waals surface area contributed by atoms with Crippen molar-refractivity contribution in [3.05, 3.63) is 29.0 Å². The number of hydrogen-bond acceptors (Lipinski definition) is 3. The van der Waals surface area contributed by atoms with E-state index < -0.39 is 11.9 Å². The van der Waals surface area contributed by atoms with Crippen molar-refractivity contribution < 1.29 is 14.2 Å². The van der Waals surface area contributed by atoms with E-state index in [4.69, 9.17) is 16.3 Å². The Bertz CT molecular complexity index is 609. The van der Waals surface area contributed by atoms with E-state index in [0.717, 1.165) is 6.54 Å². The highest BCUT2D eigenvalue weighted by Gasteiger charge is 2.49. The second-order valence-corrected chi connectivity index (χ2v) is 9.09. The first kappa shape index (κ1) is 18.0. The Hall–Kier alpha value is -0.840. The third-order valence-corrected chi connectivity index (χ3v) is 5.59. The number of hydrogen-bond donors (Lipinski definition) is 1. The van der Waals surface area contributed by atoms with E-state index in [9.17, 15) is 9.50 Å². The molecule has 0 amide bonds. The maximum atomic E-state index is 13.0. The van der Waals surface area contributed by atoms with Crippen LogP contribution in [0.15, 0.2) is 18.2 Å². The molecule has 0 spiro atoms. The molecule has 0 radical (unpaired) electrons. The molecule has 134 valence electrons. The summed E-state index contributed by atoms with van der Waals surface area (Å²) in [7, 11) is 0. The normalized spacial score (nSPS) is 30.3. The van der Waals surface area contributed by atoms with Gasteiger partial charge in [-0.3, -0.25) is 4.90 Å². The van der Waals surface area contributed by atoms with Crippen LogP contribution in [0.25, 0.3) is 0 Å². The molecule has 0 unspecified atom stereocenters. The molecule has 1 saturated heterocycles. The van der Waals surface area contributed by atoms with Gasteiger partial charge >= 0.3 is 0 Å².